The number of benzene rings is 2. The Labute approximate surface area is 126 Å². The van der Waals surface area contributed by atoms with E-state index in [0.717, 1.165) is 5.69 Å². The average molecular weight is 299 g/mol. The summed E-state index contributed by atoms with van der Waals surface area (Å²) in [5, 5.41) is 5.40. The quantitative estimate of drug-likeness (QED) is 0.915. The van der Waals surface area contributed by atoms with E-state index in [4.69, 9.17) is 0 Å². The van der Waals surface area contributed by atoms with Gasteiger partial charge < -0.3 is 10.6 Å². The van der Waals surface area contributed by atoms with Crippen LogP contribution < -0.4 is 15.5 Å². The summed E-state index contributed by atoms with van der Waals surface area (Å²) in [6.07, 6.45) is 0. The van der Waals surface area contributed by atoms with Crippen LogP contribution in [0.2, 0.25) is 0 Å². The Kier molecular flexibility index (Phi) is 3.74. The maximum Gasteiger partial charge on any atom is 0.321 e. The highest BCUT2D eigenvalue weighted by Gasteiger charge is 2.21. The van der Waals surface area contributed by atoms with Gasteiger partial charge in [-0.15, -0.1) is 0 Å². The SMILES string of the molecule is O=C(Nc1ccc(F)cc1)c1ccc(N2CCNC2=O)cc1. The largest absolute Gasteiger partial charge is 0.336 e. The Morgan fingerprint density at radius 2 is 1.77 bits per heavy atom. The summed E-state index contributed by atoms with van der Waals surface area (Å²) < 4.78 is 12.8. The highest BCUT2D eigenvalue weighted by atomic mass is 19.1. The molecule has 0 radical (unpaired) electrons. The van der Waals surface area contributed by atoms with Crippen LogP contribution >= 0.6 is 0 Å². The number of urea groups is 1. The Bertz CT molecular complexity index is 698. The van der Waals surface area contributed by atoms with Crippen molar-refractivity contribution in [1.29, 1.82) is 0 Å². The summed E-state index contributed by atoms with van der Waals surface area (Å²) in [5.41, 5.74) is 1.73. The molecule has 0 aromatic heterocycles. The molecule has 2 aromatic rings. The Morgan fingerprint density at radius 3 is 2.36 bits per heavy atom. The molecule has 1 aliphatic heterocycles. The lowest BCUT2D eigenvalue weighted by Gasteiger charge is -2.14. The van der Waals surface area contributed by atoms with Crippen molar-refractivity contribution in [1.82, 2.24) is 5.32 Å². The van der Waals surface area contributed by atoms with Crippen LogP contribution in [-0.2, 0) is 0 Å². The smallest absolute Gasteiger partial charge is 0.321 e. The van der Waals surface area contributed by atoms with E-state index in [1.807, 2.05) is 0 Å². The highest BCUT2D eigenvalue weighted by molar-refractivity contribution is 6.04. The first kappa shape index (κ1) is 14.1. The van der Waals surface area contributed by atoms with Crippen molar-refractivity contribution in [2.75, 3.05) is 23.3 Å². The molecule has 2 aromatic carbocycles. The summed E-state index contributed by atoms with van der Waals surface area (Å²) >= 11 is 0. The monoisotopic (exact) mass is 299 g/mol. The van der Waals surface area contributed by atoms with E-state index in [2.05, 4.69) is 10.6 Å². The number of halogens is 1. The van der Waals surface area contributed by atoms with Crippen LogP contribution in [0.3, 0.4) is 0 Å². The molecule has 1 fully saturated rings. The van der Waals surface area contributed by atoms with Gasteiger partial charge >= 0.3 is 6.03 Å². The third-order valence-electron chi connectivity index (χ3n) is 3.40. The second-order valence-corrected chi connectivity index (χ2v) is 4.89. The fraction of sp³-hybridized carbons (Fsp3) is 0.125. The molecule has 0 saturated carbocycles. The molecule has 3 amide bonds. The second-order valence-electron chi connectivity index (χ2n) is 4.89. The van der Waals surface area contributed by atoms with E-state index in [9.17, 15) is 14.0 Å². The highest BCUT2D eigenvalue weighted by Crippen LogP contribution is 2.18. The average Bonchev–Trinajstić information content (AvgIpc) is 2.96. The maximum atomic E-state index is 12.8. The first-order chi connectivity index (χ1) is 10.6. The van der Waals surface area contributed by atoms with Crippen molar-refractivity contribution < 1.29 is 14.0 Å². The molecule has 1 aliphatic rings. The first-order valence-corrected chi connectivity index (χ1v) is 6.86. The molecule has 112 valence electrons. The Balaban J connectivity index is 1.70. The van der Waals surface area contributed by atoms with Gasteiger partial charge in [0.15, 0.2) is 0 Å². The summed E-state index contributed by atoms with van der Waals surface area (Å²) in [5.74, 6) is -0.643. The van der Waals surface area contributed by atoms with Gasteiger partial charge in [-0.1, -0.05) is 0 Å². The normalized spacial score (nSPS) is 13.9. The van der Waals surface area contributed by atoms with Gasteiger partial charge in [-0.2, -0.15) is 0 Å². The zero-order chi connectivity index (χ0) is 15.5. The van der Waals surface area contributed by atoms with Gasteiger partial charge in [-0.25, -0.2) is 9.18 Å². The van der Waals surface area contributed by atoms with Crippen molar-refractivity contribution in [2.24, 2.45) is 0 Å². The molecule has 2 N–H and O–H groups in total. The molecule has 0 aliphatic carbocycles. The Hall–Kier alpha value is -2.89. The molecule has 5 nitrogen and oxygen atoms in total. The minimum Gasteiger partial charge on any atom is -0.336 e. The van der Waals surface area contributed by atoms with Crippen molar-refractivity contribution in [3.63, 3.8) is 0 Å². The van der Waals surface area contributed by atoms with E-state index < -0.39 is 0 Å². The zero-order valence-corrected chi connectivity index (χ0v) is 11.7. The van der Waals surface area contributed by atoms with Crippen LogP contribution in [0.1, 0.15) is 10.4 Å². The predicted molar refractivity (Wildman–Crippen MR) is 81.5 cm³/mol. The molecular weight excluding hydrogens is 285 g/mol. The van der Waals surface area contributed by atoms with Crippen LogP contribution in [0, 0.1) is 5.82 Å². The third kappa shape index (κ3) is 2.90. The van der Waals surface area contributed by atoms with E-state index >= 15 is 0 Å². The number of carbonyl (C=O) groups is 2. The number of anilines is 2. The third-order valence-corrected chi connectivity index (χ3v) is 3.40. The second kappa shape index (κ2) is 5.85. The molecule has 0 spiro atoms. The minimum absolute atomic E-state index is 0.136. The minimum atomic E-state index is -0.355. The van der Waals surface area contributed by atoms with E-state index in [0.29, 0.717) is 24.3 Å². The van der Waals surface area contributed by atoms with E-state index in [-0.39, 0.29) is 17.8 Å². The van der Waals surface area contributed by atoms with Crippen LogP contribution in [0.5, 0.6) is 0 Å². The number of rotatable bonds is 3. The Morgan fingerprint density at radius 1 is 1.09 bits per heavy atom. The lowest BCUT2D eigenvalue weighted by molar-refractivity contribution is 0.102. The lowest BCUT2D eigenvalue weighted by Crippen LogP contribution is -2.27. The molecular formula is C16H14FN3O2. The molecule has 0 atom stereocenters. The number of hydrogen-bond acceptors (Lipinski definition) is 2. The lowest BCUT2D eigenvalue weighted by atomic mass is 10.1. The van der Waals surface area contributed by atoms with Gasteiger partial charge in [-0.3, -0.25) is 9.69 Å². The molecule has 0 unspecified atom stereocenters. The summed E-state index contributed by atoms with van der Waals surface area (Å²) in [4.78, 5) is 25.3. The molecule has 3 rings (SSSR count). The van der Waals surface area contributed by atoms with Gasteiger partial charge in [-0.05, 0) is 48.5 Å². The topological polar surface area (TPSA) is 61.4 Å². The van der Waals surface area contributed by atoms with Crippen molar-refractivity contribution in [2.45, 2.75) is 0 Å². The molecule has 22 heavy (non-hydrogen) atoms. The fourth-order valence-electron chi connectivity index (χ4n) is 2.25. The van der Waals surface area contributed by atoms with Crippen molar-refractivity contribution in [3.8, 4) is 0 Å². The summed E-state index contributed by atoms with van der Waals surface area (Å²) in [7, 11) is 0. The first-order valence-electron chi connectivity index (χ1n) is 6.86. The number of carbonyl (C=O) groups excluding carboxylic acids is 2. The molecule has 1 heterocycles. The fourth-order valence-corrected chi connectivity index (χ4v) is 2.25. The molecule has 1 saturated heterocycles. The van der Waals surface area contributed by atoms with E-state index in [1.54, 1.807) is 29.2 Å². The van der Waals surface area contributed by atoms with Crippen LogP contribution in [0.15, 0.2) is 48.5 Å². The maximum absolute atomic E-state index is 12.8. The van der Waals surface area contributed by atoms with Gasteiger partial charge in [0.05, 0.1) is 0 Å². The number of amides is 3. The number of hydrogen-bond donors (Lipinski definition) is 2. The number of nitrogens with zero attached hydrogens (tertiary/aromatic N) is 1. The van der Waals surface area contributed by atoms with Gasteiger partial charge in [0.25, 0.3) is 5.91 Å². The van der Waals surface area contributed by atoms with Gasteiger partial charge in [0.2, 0.25) is 0 Å². The summed E-state index contributed by atoms with van der Waals surface area (Å²) in [6, 6.07) is 12.2. The predicted octanol–water partition coefficient (Wildman–Crippen LogP) is 2.61. The molecule has 6 heteroatoms. The number of nitrogens with one attached hydrogen (secondary N) is 2. The van der Waals surface area contributed by atoms with Gasteiger partial charge in [0.1, 0.15) is 5.82 Å². The standard InChI is InChI=1S/C16H14FN3O2/c17-12-3-5-13(6-4-12)19-15(21)11-1-7-14(8-2-11)20-10-9-18-16(20)22/h1-8H,9-10H2,(H,18,22)(H,19,21). The van der Waals surface area contributed by atoms with Crippen LogP contribution in [-0.4, -0.2) is 25.0 Å². The summed E-state index contributed by atoms with van der Waals surface area (Å²) in [6.45, 7) is 1.23. The zero-order valence-electron chi connectivity index (χ0n) is 11.7. The van der Waals surface area contributed by atoms with Gasteiger partial charge in [0, 0.05) is 30.0 Å². The van der Waals surface area contributed by atoms with Crippen molar-refractivity contribution in [3.05, 3.63) is 59.9 Å². The van der Waals surface area contributed by atoms with Crippen LogP contribution in [0.25, 0.3) is 0 Å². The van der Waals surface area contributed by atoms with Crippen molar-refractivity contribution >= 4 is 23.3 Å². The molecule has 0 bridgehead atoms. The van der Waals surface area contributed by atoms with Crippen LogP contribution in [0.4, 0.5) is 20.6 Å². The van der Waals surface area contributed by atoms with E-state index in [1.165, 1.54) is 24.3 Å².